The van der Waals surface area contributed by atoms with Gasteiger partial charge in [0.1, 0.15) is 5.75 Å². The molecule has 114 valence electrons. The van der Waals surface area contributed by atoms with Gasteiger partial charge in [-0.2, -0.15) is 0 Å². The van der Waals surface area contributed by atoms with Gasteiger partial charge in [0.2, 0.25) is 0 Å². The van der Waals surface area contributed by atoms with Crippen molar-refractivity contribution < 1.29 is 16.7 Å². The van der Waals surface area contributed by atoms with Crippen LogP contribution in [0.1, 0.15) is 62.9 Å². The molecule has 2 fully saturated rings. The molecule has 2 heteroatoms. The molecule has 2 saturated carbocycles. The Balaban J connectivity index is 1.94. The monoisotopic (exact) mass is 291 g/mol. The SMILES string of the molecule is [2H]C1C[C@@]2(C)[C@H](O)CC[C@@H]2[C@@H]2[C@@H]1c1ccc(OC)cc1C([2H])([2H])C2([2H])[2H]. The number of methoxy groups -OCH3 is 1. The number of rotatable bonds is 1. The molecular weight excluding hydrogens is 260 g/mol. The lowest BCUT2D eigenvalue weighted by atomic mass is 9.55. The Labute approximate surface area is 134 Å². The third kappa shape index (κ3) is 1.88. The molecule has 0 saturated heterocycles. The van der Waals surface area contributed by atoms with E-state index in [0.717, 1.165) is 5.56 Å². The van der Waals surface area contributed by atoms with Crippen LogP contribution >= 0.6 is 0 Å². The summed E-state index contributed by atoms with van der Waals surface area (Å²) in [7, 11) is 1.51. The third-order valence-corrected chi connectivity index (χ3v) is 5.98. The number of ether oxygens (including phenoxy) is 1. The van der Waals surface area contributed by atoms with Gasteiger partial charge in [0.25, 0.3) is 0 Å². The third-order valence-electron chi connectivity index (χ3n) is 5.98. The standard InChI is InChI=1S/C19H26O2/c1-19-10-9-15-14-6-4-13(21-2)11-12(14)3-5-16(15)17(19)7-8-18(19)20/h4,6,11,15-18,20H,3,5,7-10H2,1-2H3/t15-,16-,17+,18+,19+/m0/s1/i3D2,5D2,9D/t9?,15-,16-,17+,18+,19+. The fraction of sp³-hybridized carbons (Fsp3) is 0.684. The minimum absolute atomic E-state index is 0.121. The number of hydrogen-bond donors (Lipinski definition) is 1. The van der Waals surface area contributed by atoms with Gasteiger partial charge in [-0.3, -0.25) is 0 Å². The summed E-state index contributed by atoms with van der Waals surface area (Å²) in [6, 6.07) is 5.18. The summed E-state index contributed by atoms with van der Waals surface area (Å²) in [5.41, 5.74) is 0.530. The maximum atomic E-state index is 10.5. The molecule has 1 unspecified atom stereocenters. The number of hydrogen-bond acceptors (Lipinski definition) is 2. The normalized spacial score (nSPS) is 52.9. The first-order chi connectivity index (χ1) is 12.1. The van der Waals surface area contributed by atoms with Crippen LogP contribution < -0.4 is 4.74 Å². The van der Waals surface area contributed by atoms with E-state index in [1.807, 2.05) is 13.0 Å². The lowest BCUT2D eigenvalue weighted by Gasteiger charge is -2.50. The first-order valence-corrected chi connectivity index (χ1v) is 7.84. The topological polar surface area (TPSA) is 29.5 Å². The second-order valence-electron chi connectivity index (χ2n) is 6.92. The number of benzene rings is 1. The minimum atomic E-state index is -2.18. The summed E-state index contributed by atoms with van der Waals surface area (Å²) in [4.78, 5) is 0. The lowest BCUT2D eigenvalue weighted by molar-refractivity contribution is -0.0226. The molecule has 0 spiro atoms. The van der Waals surface area contributed by atoms with E-state index >= 15 is 0 Å². The van der Waals surface area contributed by atoms with Crippen LogP contribution in [0.3, 0.4) is 0 Å². The molecule has 0 aromatic heterocycles. The molecule has 0 heterocycles. The van der Waals surface area contributed by atoms with Crippen LogP contribution in [0.4, 0.5) is 0 Å². The predicted octanol–water partition coefficient (Wildman–Crippen LogP) is 3.91. The molecule has 3 aliphatic carbocycles. The summed E-state index contributed by atoms with van der Waals surface area (Å²) in [6.45, 7) is 1.96. The molecule has 0 amide bonds. The van der Waals surface area contributed by atoms with Gasteiger partial charge in [-0.05, 0) is 84.8 Å². The van der Waals surface area contributed by atoms with Gasteiger partial charge in [-0.15, -0.1) is 0 Å². The highest BCUT2D eigenvalue weighted by molar-refractivity contribution is 5.40. The zero-order chi connectivity index (χ0) is 19.1. The average molecular weight is 291 g/mol. The Morgan fingerprint density at radius 2 is 2.24 bits per heavy atom. The quantitative estimate of drug-likeness (QED) is 0.850. The molecule has 0 bridgehead atoms. The van der Waals surface area contributed by atoms with Gasteiger partial charge in [0, 0.05) is 6.85 Å². The van der Waals surface area contributed by atoms with Crippen LogP contribution in [-0.4, -0.2) is 18.3 Å². The number of aliphatic hydroxyl groups excluding tert-OH is 1. The summed E-state index contributed by atoms with van der Waals surface area (Å²) in [5, 5.41) is 10.5. The maximum absolute atomic E-state index is 10.5. The van der Waals surface area contributed by atoms with Gasteiger partial charge in [-0.25, -0.2) is 0 Å². The van der Waals surface area contributed by atoms with Gasteiger partial charge in [0.05, 0.1) is 13.2 Å². The molecule has 1 aromatic rings. The fourth-order valence-corrected chi connectivity index (χ4v) is 4.63. The van der Waals surface area contributed by atoms with Gasteiger partial charge in [-0.1, -0.05) is 13.0 Å². The first kappa shape index (κ1) is 9.19. The number of aryl methyl sites for hydroxylation is 1. The van der Waals surface area contributed by atoms with Crippen LogP contribution in [0.5, 0.6) is 5.75 Å². The minimum Gasteiger partial charge on any atom is -0.497 e. The van der Waals surface area contributed by atoms with Crippen LogP contribution in [0, 0.1) is 17.3 Å². The van der Waals surface area contributed by atoms with E-state index in [-0.39, 0.29) is 11.8 Å². The van der Waals surface area contributed by atoms with Crippen molar-refractivity contribution in [3.63, 3.8) is 0 Å². The smallest absolute Gasteiger partial charge is 0.119 e. The number of fused-ring (bicyclic) bond motifs is 5. The van der Waals surface area contributed by atoms with E-state index in [0.29, 0.717) is 30.6 Å². The van der Waals surface area contributed by atoms with Crippen LogP contribution in [0.15, 0.2) is 18.2 Å². The molecule has 0 radical (unpaired) electrons. The van der Waals surface area contributed by atoms with E-state index in [1.54, 1.807) is 12.1 Å². The van der Waals surface area contributed by atoms with Gasteiger partial charge >= 0.3 is 0 Å². The summed E-state index contributed by atoms with van der Waals surface area (Å²) in [6.07, 6.45) is -3.59. The lowest BCUT2D eigenvalue weighted by Crippen LogP contribution is -2.43. The average Bonchev–Trinajstić information content (AvgIpc) is 2.86. The predicted molar refractivity (Wildman–Crippen MR) is 83.6 cm³/mol. The van der Waals surface area contributed by atoms with E-state index in [9.17, 15) is 5.11 Å². The second-order valence-corrected chi connectivity index (χ2v) is 6.92. The summed E-state index contributed by atoms with van der Waals surface area (Å²) >= 11 is 0. The Bertz CT molecular complexity index is 737. The maximum Gasteiger partial charge on any atom is 0.119 e. The van der Waals surface area contributed by atoms with E-state index in [2.05, 4.69) is 0 Å². The fourth-order valence-electron chi connectivity index (χ4n) is 4.63. The molecule has 1 N–H and O–H groups in total. The van der Waals surface area contributed by atoms with E-state index in [4.69, 9.17) is 11.6 Å². The summed E-state index contributed by atoms with van der Waals surface area (Å²) < 4.78 is 48.9. The van der Waals surface area contributed by atoms with Gasteiger partial charge in [0.15, 0.2) is 0 Å². The molecule has 1 aromatic carbocycles. The van der Waals surface area contributed by atoms with Crippen molar-refractivity contribution >= 4 is 0 Å². The highest BCUT2D eigenvalue weighted by Gasteiger charge is 2.54. The largest absolute Gasteiger partial charge is 0.497 e. The molecule has 2 nitrogen and oxygen atoms in total. The van der Waals surface area contributed by atoms with Crippen molar-refractivity contribution in [3.05, 3.63) is 29.3 Å². The number of aliphatic hydroxyl groups is 1. The zero-order valence-electron chi connectivity index (χ0n) is 17.6. The van der Waals surface area contributed by atoms with Gasteiger partial charge < -0.3 is 9.84 Å². The Morgan fingerprint density at radius 1 is 1.38 bits per heavy atom. The highest BCUT2D eigenvalue weighted by atomic mass is 16.5. The molecule has 3 aliphatic rings. The van der Waals surface area contributed by atoms with Crippen molar-refractivity contribution in [2.75, 3.05) is 7.11 Å². The second kappa shape index (κ2) is 4.74. The van der Waals surface area contributed by atoms with Crippen LogP contribution in [0.2, 0.25) is 0 Å². The van der Waals surface area contributed by atoms with Crippen molar-refractivity contribution in [1.29, 1.82) is 0 Å². The molecular formula is C19H26O2. The van der Waals surface area contributed by atoms with Crippen LogP contribution in [0.25, 0.3) is 0 Å². The van der Waals surface area contributed by atoms with E-state index in [1.165, 1.54) is 7.11 Å². The molecule has 21 heavy (non-hydrogen) atoms. The molecule has 4 rings (SSSR count). The van der Waals surface area contributed by atoms with Crippen molar-refractivity contribution in [2.45, 2.75) is 57.4 Å². The van der Waals surface area contributed by atoms with Crippen molar-refractivity contribution in [1.82, 2.24) is 0 Å². The highest BCUT2D eigenvalue weighted by Crippen LogP contribution is 2.60. The first-order valence-electron chi connectivity index (χ1n) is 10.4. The van der Waals surface area contributed by atoms with Crippen molar-refractivity contribution in [2.24, 2.45) is 17.3 Å². The van der Waals surface area contributed by atoms with Crippen molar-refractivity contribution in [3.8, 4) is 5.75 Å². The zero-order valence-corrected chi connectivity index (χ0v) is 12.6. The molecule has 6 atom stereocenters. The van der Waals surface area contributed by atoms with E-state index < -0.39 is 36.6 Å². The summed E-state index contributed by atoms with van der Waals surface area (Å²) in [5.74, 6) is -0.598. The van der Waals surface area contributed by atoms with Crippen LogP contribution in [-0.2, 0) is 6.37 Å². The Morgan fingerprint density at radius 3 is 3.05 bits per heavy atom. The Kier molecular flexibility index (Phi) is 2.08. The molecule has 0 aliphatic heterocycles. The Hall–Kier alpha value is -1.02.